The van der Waals surface area contributed by atoms with Gasteiger partial charge in [-0.2, -0.15) is 0 Å². The van der Waals surface area contributed by atoms with Gasteiger partial charge in [-0.1, -0.05) is 0 Å². The fourth-order valence-electron chi connectivity index (χ4n) is 1.44. The predicted octanol–water partition coefficient (Wildman–Crippen LogP) is 1.75. The number of aryl methyl sites for hydroxylation is 1. The molecule has 2 N–H and O–H groups in total. The number of amides is 1. The molecule has 0 saturated heterocycles. The van der Waals surface area contributed by atoms with Crippen LogP contribution in [0.2, 0.25) is 0 Å². The van der Waals surface area contributed by atoms with E-state index < -0.39 is 0 Å². The fraction of sp³-hybridized carbons (Fsp3) is 0.545. The van der Waals surface area contributed by atoms with Crippen molar-refractivity contribution in [1.82, 2.24) is 4.90 Å². The van der Waals surface area contributed by atoms with Crippen LogP contribution in [0.15, 0.2) is 11.4 Å². The Balaban J connectivity index is 2.62. The number of nitrogens with two attached hydrogens (primary N) is 1. The minimum atomic E-state index is -0.268. The van der Waals surface area contributed by atoms with E-state index in [0.29, 0.717) is 12.6 Å². The van der Waals surface area contributed by atoms with E-state index in [-0.39, 0.29) is 5.91 Å². The number of rotatable bonds is 5. The van der Waals surface area contributed by atoms with E-state index in [9.17, 15) is 4.79 Å². The molecular formula is C11H18N2OS. The number of carbonyl (C=O) groups excluding carboxylic acids is 1. The van der Waals surface area contributed by atoms with Gasteiger partial charge in [0.25, 0.3) is 0 Å². The molecule has 3 nitrogen and oxygen atoms in total. The fourth-order valence-corrected chi connectivity index (χ4v) is 2.14. The predicted molar refractivity (Wildman–Crippen MR) is 63.8 cm³/mol. The Morgan fingerprint density at radius 3 is 2.67 bits per heavy atom. The average Bonchev–Trinajstić information content (AvgIpc) is 2.49. The molecule has 0 aliphatic rings. The summed E-state index contributed by atoms with van der Waals surface area (Å²) in [7, 11) is 0. The van der Waals surface area contributed by atoms with Crippen molar-refractivity contribution < 1.29 is 4.79 Å². The zero-order chi connectivity index (χ0) is 11.4. The summed E-state index contributed by atoms with van der Waals surface area (Å²) in [6.07, 6.45) is 0. The first-order valence-electron chi connectivity index (χ1n) is 5.05. The molecule has 0 aromatic carbocycles. The van der Waals surface area contributed by atoms with Crippen LogP contribution in [-0.4, -0.2) is 23.4 Å². The first-order chi connectivity index (χ1) is 6.99. The number of primary amides is 1. The van der Waals surface area contributed by atoms with Gasteiger partial charge in [0.2, 0.25) is 5.91 Å². The number of hydrogen-bond donors (Lipinski definition) is 1. The van der Waals surface area contributed by atoms with Crippen LogP contribution in [0, 0.1) is 6.92 Å². The van der Waals surface area contributed by atoms with Gasteiger partial charge in [0.1, 0.15) is 0 Å². The average molecular weight is 226 g/mol. The molecule has 0 atom stereocenters. The van der Waals surface area contributed by atoms with Gasteiger partial charge in [0.15, 0.2) is 0 Å². The van der Waals surface area contributed by atoms with E-state index in [1.165, 1.54) is 10.4 Å². The van der Waals surface area contributed by atoms with Crippen molar-refractivity contribution in [2.75, 3.05) is 6.54 Å². The topological polar surface area (TPSA) is 46.3 Å². The van der Waals surface area contributed by atoms with E-state index in [0.717, 1.165) is 6.54 Å². The van der Waals surface area contributed by atoms with E-state index in [1.54, 1.807) is 11.3 Å². The Kier molecular flexibility index (Phi) is 4.29. The normalized spacial score (nSPS) is 11.3. The number of thiophene rings is 1. The van der Waals surface area contributed by atoms with Crippen LogP contribution < -0.4 is 5.73 Å². The lowest BCUT2D eigenvalue weighted by Gasteiger charge is -2.24. The Morgan fingerprint density at radius 2 is 2.27 bits per heavy atom. The second-order valence-electron chi connectivity index (χ2n) is 4.03. The zero-order valence-electron chi connectivity index (χ0n) is 9.49. The molecule has 0 radical (unpaired) electrons. The van der Waals surface area contributed by atoms with Crippen molar-refractivity contribution in [2.45, 2.75) is 33.4 Å². The highest BCUT2D eigenvalue weighted by Crippen LogP contribution is 2.16. The summed E-state index contributed by atoms with van der Waals surface area (Å²) in [6.45, 7) is 7.35. The van der Waals surface area contributed by atoms with Crippen LogP contribution in [0.3, 0.4) is 0 Å². The maximum absolute atomic E-state index is 10.9. The first kappa shape index (κ1) is 12.2. The number of nitrogens with zero attached hydrogens (tertiary/aromatic N) is 1. The standard InChI is InChI=1S/C11H18N2OS/c1-8(2)13(6-11(12)14)5-10-4-9(3)15-7-10/h4,7-8H,5-6H2,1-3H3,(H2,12,14). The highest BCUT2D eigenvalue weighted by molar-refractivity contribution is 7.10. The largest absolute Gasteiger partial charge is 0.369 e. The summed E-state index contributed by atoms with van der Waals surface area (Å²) in [5, 5.41) is 2.13. The summed E-state index contributed by atoms with van der Waals surface area (Å²) >= 11 is 1.73. The molecule has 84 valence electrons. The second kappa shape index (κ2) is 5.28. The molecule has 15 heavy (non-hydrogen) atoms. The highest BCUT2D eigenvalue weighted by atomic mass is 32.1. The maximum atomic E-state index is 10.9. The molecule has 0 fully saturated rings. The van der Waals surface area contributed by atoms with Gasteiger partial charge in [-0.15, -0.1) is 11.3 Å². The van der Waals surface area contributed by atoms with Crippen LogP contribution in [0.5, 0.6) is 0 Å². The van der Waals surface area contributed by atoms with E-state index >= 15 is 0 Å². The first-order valence-corrected chi connectivity index (χ1v) is 5.93. The number of carbonyl (C=O) groups is 1. The molecule has 1 aromatic heterocycles. The van der Waals surface area contributed by atoms with Crippen molar-refractivity contribution in [1.29, 1.82) is 0 Å². The molecule has 1 rings (SSSR count). The third-order valence-electron chi connectivity index (χ3n) is 2.26. The van der Waals surface area contributed by atoms with Crippen LogP contribution >= 0.6 is 11.3 Å². The van der Waals surface area contributed by atoms with Gasteiger partial charge < -0.3 is 5.73 Å². The lowest BCUT2D eigenvalue weighted by Crippen LogP contribution is -2.37. The van der Waals surface area contributed by atoms with Crippen molar-refractivity contribution in [2.24, 2.45) is 5.73 Å². The van der Waals surface area contributed by atoms with E-state index in [2.05, 4.69) is 37.1 Å². The van der Waals surface area contributed by atoms with Crippen molar-refractivity contribution in [3.05, 3.63) is 21.9 Å². The van der Waals surface area contributed by atoms with Gasteiger partial charge in [-0.3, -0.25) is 9.69 Å². The summed E-state index contributed by atoms with van der Waals surface area (Å²) in [5.41, 5.74) is 6.47. The lowest BCUT2D eigenvalue weighted by molar-refractivity contribution is -0.119. The minimum Gasteiger partial charge on any atom is -0.369 e. The van der Waals surface area contributed by atoms with Crippen LogP contribution in [0.1, 0.15) is 24.3 Å². The molecule has 0 bridgehead atoms. The molecule has 4 heteroatoms. The molecule has 0 saturated carbocycles. The summed E-state index contributed by atoms with van der Waals surface area (Å²) in [6, 6.07) is 2.49. The molecule has 0 aliphatic heterocycles. The molecule has 1 amide bonds. The summed E-state index contributed by atoms with van der Waals surface area (Å²) < 4.78 is 0. The van der Waals surface area contributed by atoms with Crippen molar-refractivity contribution in [3.8, 4) is 0 Å². The van der Waals surface area contributed by atoms with Crippen molar-refractivity contribution >= 4 is 17.2 Å². The molecular weight excluding hydrogens is 208 g/mol. The molecule has 1 aromatic rings. The van der Waals surface area contributed by atoms with Gasteiger partial charge in [0.05, 0.1) is 6.54 Å². The van der Waals surface area contributed by atoms with Gasteiger partial charge in [0, 0.05) is 17.5 Å². The number of hydrogen-bond acceptors (Lipinski definition) is 3. The van der Waals surface area contributed by atoms with Crippen LogP contribution in [0.4, 0.5) is 0 Å². The molecule has 1 heterocycles. The molecule has 0 unspecified atom stereocenters. The smallest absolute Gasteiger partial charge is 0.231 e. The minimum absolute atomic E-state index is 0.268. The van der Waals surface area contributed by atoms with E-state index in [4.69, 9.17) is 5.73 Å². The molecule has 0 aliphatic carbocycles. The monoisotopic (exact) mass is 226 g/mol. The van der Waals surface area contributed by atoms with Gasteiger partial charge in [-0.25, -0.2) is 0 Å². The quantitative estimate of drug-likeness (QED) is 0.831. The second-order valence-corrected chi connectivity index (χ2v) is 5.15. The third kappa shape index (κ3) is 4.01. The Morgan fingerprint density at radius 1 is 1.60 bits per heavy atom. The maximum Gasteiger partial charge on any atom is 0.231 e. The van der Waals surface area contributed by atoms with Crippen LogP contribution in [-0.2, 0) is 11.3 Å². The summed E-state index contributed by atoms with van der Waals surface area (Å²) in [5.74, 6) is -0.268. The van der Waals surface area contributed by atoms with Gasteiger partial charge >= 0.3 is 0 Å². The highest BCUT2D eigenvalue weighted by Gasteiger charge is 2.12. The molecule has 0 spiro atoms. The SMILES string of the molecule is Cc1cc(CN(CC(N)=O)C(C)C)cs1. The van der Waals surface area contributed by atoms with Crippen LogP contribution in [0.25, 0.3) is 0 Å². The van der Waals surface area contributed by atoms with Gasteiger partial charge in [-0.05, 0) is 37.8 Å². The Labute approximate surface area is 94.9 Å². The van der Waals surface area contributed by atoms with Crippen molar-refractivity contribution in [3.63, 3.8) is 0 Å². The Hall–Kier alpha value is -0.870. The van der Waals surface area contributed by atoms with E-state index in [1.807, 2.05) is 0 Å². The Bertz CT molecular complexity index is 333. The summed E-state index contributed by atoms with van der Waals surface area (Å²) in [4.78, 5) is 14.3. The zero-order valence-corrected chi connectivity index (χ0v) is 10.3. The lowest BCUT2D eigenvalue weighted by atomic mass is 10.2. The third-order valence-corrected chi connectivity index (χ3v) is 3.17.